The van der Waals surface area contributed by atoms with Crippen LogP contribution in [0.3, 0.4) is 0 Å². The summed E-state index contributed by atoms with van der Waals surface area (Å²) in [5.74, 6) is 0. The topological polar surface area (TPSA) is 58.2 Å². The highest BCUT2D eigenvalue weighted by atomic mass is 16.2. The number of anilines is 3. The van der Waals surface area contributed by atoms with Gasteiger partial charge >= 0.3 is 0 Å². The van der Waals surface area contributed by atoms with E-state index in [0.29, 0.717) is 11.4 Å². The Morgan fingerprint density at radius 2 is 1.29 bits per heavy atom. The lowest BCUT2D eigenvalue weighted by molar-refractivity contribution is 0.880. The lowest BCUT2D eigenvalue weighted by atomic mass is 10.0. The zero-order valence-electron chi connectivity index (χ0n) is 15.5. The first-order chi connectivity index (χ1) is 13.6. The van der Waals surface area contributed by atoms with E-state index in [1.165, 1.54) is 0 Å². The molecule has 0 aliphatic rings. The van der Waals surface area contributed by atoms with Gasteiger partial charge in [0.05, 0.1) is 0 Å². The van der Waals surface area contributed by atoms with Crippen LogP contribution in [0.4, 0.5) is 17.1 Å². The van der Waals surface area contributed by atoms with Crippen LogP contribution in [-0.2, 0) is 0 Å². The quantitative estimate of drug-likeness (QED) is 0.477. The molecule has 0 bridgehead atoms. The third kappa shape index (κ3) is 3.45. The maximum absolute atomic E-state index is 12.1. The standard InChI is InChI=1S/C24H20N2O2/c1-16(17-9-4-2-5-10-17)25-21-22(24(28)23(21)27)26-20-14-8-13-19(15-20)18-11-6-3-7-12-18/h2-16,25-26H,1H3/t16-/m1/s1. The van der Waals surface area contributed by atoms with E-state index in [1.807, 2.05) is 91.9 Å². The fraction of sp³-hybridized carbons (Fsp3) is 0.0833. The van der Waals surface area contributed by atoms with Gasteiger partial charge in [0.2, 0.25) is 0 Å². The lowest BCUT2D eigenvalue weighted by Gasteiger charge is -2.20. The molecule has 0 saturated carbocycles. The first-order valence-corrected chi connectivity index (χ1v) is 9.21. The van der Waals surface area contributed by atoms with E-state index in [-0.39, 0.29) is 6.04 Å². The average Bonchev–Trinajstić information content (AvgIpc) is 2.77. The van der Waals surface area contributed by atoms with Gasteiger partial charge in [0.1, 0.15) is 11.4 Å². The minimum Gasteiger partial charge on any atom is -0.373 e. The van der Waals surface area contributed by atoms with Crippen molar-refractivity contribution in [3.8, 4) is 11.1 Å². The van der Waals surface area contributed by atoms with E-state index in [4.69, 9.17) is 0 Å². The summed E-state index contributed by atoms with van der Waals surface area (Å²) >= 11 is 0. The zero-order chi connectivity index (χ0) is 19.5. The minimum absolute atomic E-state index is 0.0827. The molecule has 4 aromatic rings. The SMILES string of the molecule is C[C@@H](Nc1c(Nc2cccc(-c3ccccc3)c2)c(=O)c1=O)c1ccccc1. The van der Waals surface area contributed by atoms with Crippen LogP contribution in [0.5, 0.6) is 0 Å². The van der Waals surface area contributed by atoms with Crippen LogP contribution in [0, 0.1) is 0 Å². The van der Waals surface area contributed by atoms with Crippen LogP contribution < -0.4 is 21.5 Å². The fourth-order valence-electron chi connectivity index (χ4n) is 3.24. The monoisotopic (exact) mass is 368 g/mol. The van der Waals surface area contributed by atoms with Gasteiger partial charge in [-0.1, -0.05) is 72.8 Å². The van der Waals surface area contributed by atoms with Crippen LogP contribution in [0.2, 0.25) is 0 Å². The first-order valence-electron chi connectivity index (χ1n) is 9.21. The highest BCUT2D eigenvalue weighted by Crippen LogP contribution is 2.27. The highest BCUT2D eigenvalue weighted by molar-refractivity contribution is 5.80. The Labute approximate surface area is 163 Å². The first kappa shape index (κ1) is 17.7. The third-order valence-corrected chi connectivity index (χ3v) is 4.81. The molecule has 4 aromatic carbocycles. The predicted octanol–water partition coefficient (Wildman–Crippen LogP) is 4.87. The Bertz CT molecular complexity index is 1160. The van der Waals surface area contributed by atoms with Gasteiger partial charge in [-0.15, -0.1) is 0 Å². The molecule has 0 aliphatic carbocycles. The Hall–Kier alpha value is -3.66. The molecule has 4 nitrogen and oxygen atoms in total. The molecule has 0 aromatic heterocycles. The van der Waals surface area contributed by atoms with Crippen molar-refractivity contribution >= 4 is 17.1 Å². The van der Waals surface area contributed by atoms with E-state index >= 15 is 0 Å². The van der Waals surface area contributed by atoms with Gasteiger partial charge in [0.25, 0.3) is 10.9 Å². The Kier molecular flexibility index (Phi) is 4.77. The van der Waals surface area contributed by atoms with Gasteiger partial charge in [-0.2, -0.15) is 0 Å². The molecule has 0 heterocycles. The summed E-state index contributed by atoms with van der Waals surface area (Å²) in [6.45, 7) is 1.96. The molecule has 138 valence electrons. The van der Waals surface area contributed by atoms with Crippen LogP contribution in [-0.4, -0.2) is 0 Å². The third-order valence-electron chi connectivity index (χ3n) is 4.81. The van der Waals surface area contributed by atoms with Crippen molar-refractivity contribution in [2.24, 2.45) is 0 Å². The number of rotatable bonds is 6. The summed E-state index contributed by atoms with van der Waals surface area (Å²) in [4.78, 5) is 24.2. The van der Waals surface area contributed by atoms with E-state index < -0.39 is 10.9 Å². The van der Waals surface area contributed by atoms with Crippen LogP contribution in [0.25, 0.3) is 11.1 Å². The Balaban J connectivity index is 1.58. The second-order valence-electron chi connectivity index (χ2n) is 6.76. The number of nitrogens with one attached hydrogen (secondary N) is 2. The maximum atomic E-state index is 12.1. The summed E-state index contributed by atoms with van der Waals surface area (Å²) in [7, 11) is 0. The second-order valence-corrected chi connectivity index (χ2v) is 6.76. The molecule has 0 unspecified atom stereocenters. The molecule has 4 rings (SSSR count). The maximum Gasteiger partial charge on any atom is 0.253 e. The summed E-state index contributed by atoms with van der Waals surface area (Å²) in [5.41, 5.74) is 3.63. The fourth-order valence-corrected chi connectivity index (χ4v) is 3.24. The molecule has 0 aliphatic heterocycles. The molecule has 0 fully saturated rings. The molecular formula is C24H20N2O2. The lowest BCUT2D eigenvalue weighted by Crippen LogP contribution is -2.37. The predicted molar refractivity (Wildman–Crippen MR) is 115 cm³/mol. The van der Waals surface area contributed by atoms with Crippen LogP contribution in [0.1, 0.15) is 18.5 Å². The zero-order valence-corrected chi connectivity index (χ0v) is 15.5. The molecule has 0 radical (unpaired) electrons. The minimum atomic E-state index is -0.493. The number of benzene rings is 3. The highest BCUT2D eigenvalue weighted by Gasteiger charge is 2.22. The van der Waals surface area contributed by atoms with Crippen molar-refractivity contribution in [2.75, 3.05) is 10.6 Å². The van der Waals surface area contributed by atoms with E-state index in [9.17, 15) is 9.59 Å². The van der Waals surface area contributed by atoms with Crippen molar-refractivity contribution in [1.82, 2.24) is 0 Å². The van der Waals surface area contributed by atoms with E-state index in [1.54, 1.807) is 0 Å². The van der Waals surface area contributed by atoms with Gasteiger partial charge < -0.3 is 10.6 Å². The van der Waals surface area contributed by atoms with Gasteiger partial charge in [-0.05, 0) is 35.7 Å². The smallest absolute Gasteiger partial charge is 0.253 e. The van der Waals surface area contributed by atoms with Crippen LogP contribution >= 0.6 is 0 Å². The number of hydrogen-bond donors (Lipinski definition) is 2. The van der Waals surface area contributed by atoms with Crippen molar-refractivity contribution in [3.63, 3.8) is 0 Å². The summed E-state index contributed by atoms with van der Waals surface area (Å²) in [6.07, 6.45) is 0. The van der Waals surface area contributed by atoms with Crippen molar-refractivity contribution in [2.45, 2.75) is 13.0 Å². The van der Waals surface area contributed by atoms with Crippen molar-refractivity contribution in [3.05, 3.63) is 111 Å². The van der Waals surface area contributed by atoms with E-state index in [0.717, 1.165) is 22.4 Å². The largest absolute Gasteiger partial charge is 0.373 e. The van der Waals surface area contributed by atoms with Gasteiger partial charge in [-0.3, -0.25) is 9.59 Å². The summed E-state index contributed by atoms with van der Waals surface area (Å²) in [6, 6.07) is 27.5. The number of hydrogen-bond acceptors (Lipinski definition) is 4. The second kappa shape index (κ2) is 7.53. The molecule has 2 N–H and O–H groups in total. The molecule has 0 amide bonds. The Morgan fingerprint density at radius 1 is 0.679 bits per heavy atom. The van der Waals surface area contributed by atoms with Gasteiger partial charge in [-0.25, -0.2) is 0 Å². The van der Waals surface area contributed by atoms with Gasteiger partial charge in [0.15, 0.2) is 0 Å². The molecule has 4 heteroatoms. The molecule has 28 heavy (non-hydrogen) atoms. The molecule has 0 saturated heterocycles. The average molecular weight is 368 g/mol. The molecule has 0 spiro atoms. The van der Waals surface area contributed by atoms with Crippen LogP contribution in [0.15, 0.2) is 94.5 Å². The normalized spacial score (nSPS) is 11.9. The summed E-state index contributed by atoms with van der Waals surface area (Å²) in [5, 5.41) is 6.30. The van der Waals surface area contributed by atoms with Gasteiger partial charge in [0, 0.05) is 11.7 Å². The Morgan fingerprint density at radius 3 is 2.00 bits per heavy atom. The van der Waals surface area contributed by atoms with Crippen molar-refractivity contribution < 1.29 is 0 Å². The van der Waals surface area contributed by atoms with E-state index in [2.05, 4.69) is 10.6 Å². The molecular weight excluding hydrogens is 348 g/mol. The summed E-state index contributed by atoms with van der Waals surface area (Å²) < 4.78 is 0. The van der Waals surface area contributed by atoms with Crippen molar-refractivity contribution in [1.29, 1.82) is 0 Å². The molecule has 1 atom stereocenters.